The molecule has 0 N–H and O–H groups in total. The molecule has 0 aliphatic heterocycles. The Morgan fingerprint density at radius 3 is 1.82 bits per heavy atom. The van der Waals surface area contributed by atoms with Gasteiger partial charge >= 0.3 is 11.7 Å². The van der Waals surface area contributed by atoms with Crippen LogP contribution in [-0.2, 0) is 13.0 Å². The molecule has 0 amide bonds. The lowest BCUT2D eigenvalue weighted by Crippen LogP contribution is -2.42. The molecule has 0 aliphatic carbocycles. The fraction of sp³-hybridized carbons (Fsp3) is 0.147. The Bertz CT molecular complexity index is 1690. The number of esters is 1. The second-order valence-electron chi connectivity index (χ2n) is 9.94. The Balaban J connectivity index is 1.77. The van der Waals surface area contributed by atoms with E-state index in [0.29, 0.717) is 11.3 Å². The first kappa shape index (κ1) is 26.6. The minimum Gasteiger partial charge on any atom is -0.405 e. The number of carbonyl (C=O) groups is 1. The normalized spacial score (nSPS) is 10.9. The van der Waals surface area contributed by atoms with Crippen molar-refractivity contribution in [3.05, 3.63) is 163 Å². The van der Waals surface area contributed by atoms with E-state index < -0.39 is 17.2 Å². The van der Waals surface area contributed by atoms with Crippen LogP contribution in [0.25, 0.3) is 5.69 Å². The van der Waals surface area contributed by atoms with Crippen LogP contribution in [0.3, 0.4) is 0 Å². The summed E-state index contributed by atoms with van der Waals surface area (Å²) in [5.74, 6) is -0.651. The molecule has 1 heterocycles. The molecular formula is C34H30N2O4. The van der Waals surface area contributed by atoms with Crippen molar-refractivity contribution in [2.45, 2.75) is 33.7 Å². The van der Waals surface area contributed by atoms with Crippen LogP contribution in [-0.4, -0.2) is 15.1 Å². The quantitative estimate of drug-likeness (QED) is 0.250. The molecule has 0 atom stereocenters. The van der Waals surface area contributed by atoms with Crippen molar-refractivity contribution in [1.29, 1.82) is 0 Å². The molecule has 200 valence electrons. The molecule has 5 aromatic rings. The third kappa shape index (κ3) is 5.43. The third-order valence-corrected chi connectivity index (χ3v) is 6.88. The van der Waals surface area contributed by atoms with E-state index in [1.807, 2.05) is 99.6 Å². The molecule has 0 bridgehead atoms. The number of rotatable bonds is 7. The zero-order valence-electron chi connectivity index (χ0n) is 22.8. The van der Waals surface area contributed by atoms with E-state index in [1.54, 1.807) is 24.3 Å². The highest BCUT2D eigenvalue weighted by Crippen LogP contribution is 2.24. The monoisotopic (exact) mass is 530 g/mol. The number of benzene rings is 4. The number of ether oxygens (including phenoxy) is 1. The van der Waals surface area contributed by atoms with E-state index >= 15 is 0 Å². The summed E-state index contributed by atoms with van der Waals surface area (Å²) in [4.78, 5) is 41.8. The van der Waals surface area contributed by atoms with Gasteiger partial charge in [-0.05, 0) is 55.2 Å². The molecular weight excluding hydrogens is 500 g/mol. The lowest BCUT2D eigenvalue weighted by Gasteiger charge is -2.20. The minimum absolute atomic E-state index is 0.0423. The van der Waals surface area contributed by atoms with Crippen molar-refractivity contribution in [2.75, 3.05) is 0 Å². The largest absolute Gasteiger partial charge is 0.405 e. The molecule has 0 saturated carbocycles. The summed E-state index contributed by atoms with van der Waals surface area (Å²) in [6.07, 6.45) is 0.177. The number of hydrogen-bond donors (Lipinski definition) is 0. The van der Waals surface area contributed by atoms with E-state index in [2.05, 4.69) is 0 Å². The number of aromatic nitrogens is 2. The maximum atomic E-state index is 14.1. The van der Waals surface area contributed by atoms with Crippen LogP contribution in [0.4, 0.5) is 0 Å². The molecule has 6 heteroatoms. The lowest BCUT2D eigenvalue weighted by molar-refractivity contribution is 0.0714. The van der Waals surface area contributed by atoms with Crippen molar-refractivity contribution in [1.82, 2.24) is 9.13 Å². The van der Waals surface area contributed by atoms with Crippen LogP contribution in [0, 0.1) is 20.8 Å². The number of para-hydroxylation sites is 1. The number of nitrogens with zero attached hydrogens (tertiary/aromatic N) is 2. The highest BCUT2D eigenvalue weighted by molar-refractivity contribution is 5.94. The summed E-state index contributed by atoms with van der Waals surface area (Å²) < 4.78 is 8.61. The maximum Gasteiger partial charge on any atom is 0.345 e. The first-order valence-corrected chi connectivity index (χ1v) is 13.2. The Morgan fingerprint density at radius 1 is 0.725 bits per heavy atom. The molecule has 40 heavy (non-hydrogen) atoms. The summed E-state index contributed by atoms with van der Waals surface area (Å²) in [6.45, 7) is 5.79. The maximum absolute atomic E-state index is 14.1. The third-order valence-electron chi connectivity index (χ3n) is 6.88. The standard InChI is InChI=1S/C34H30N2O4/c1-23-19-24(2)30(25(3)20-23)33(38)40-32-29(21-26-13-7-4-8-14-26)31(37)36(28-17-11-6-12-18-28)34(39)35(32)22-27-15-9-5-10-16-27/h4-20H,21-22H2,1-3H3. The average Bonchev–Trinajstić information content (AvgIpc) is 2.94. The van der Waals surface area contributed by atoms with E-state index in [9.17, 15) is 14.4 Å². The predicted molar refractivity (Wildman–Crippen MR) is 157 cm³/mol. The van der Waals surface area contributed by atoms with Crippen LogP contribution in [0.15, 0.2) is 113 Å². The average molecular weight is 531 g/mol. The van der Waals surface area contributed by atoms with Gasteiger partial charge in [-0.15, -0.1) is 0 Å². The molecule has 0 radical (unpaired) electrons. The van der Waals surface area contributed by atoms with Crippen molar-refractivity contribution in [3.63, 3.8) is 0 Å². The number of aryl methyl sites for hydroxylation is 3. The first-order valence-electron chi connectivity index (χ1n) is 13.2. The molecule has 1 aromatic heterocycles. The molecule has 0 spiro atoms. The Morgan fingerprint density at radius 2 is 1.25 bits per heavy atom. The van der Waals surface area contributed by atoms with Gasteiger partial charge in [0.1, 0.15) is 0 Å². The van der Waals surface area contributed by atoms with Gasteiger partial charge in [-0.3, -0.25) is 9.36 Å². The van der Waals surface area contributed by atoms with Crippen LogP contribution < -0.4 is 16.0 Å². The SMILES string of the molecule is Cc1cc(C)c(C(=O)Oc2c(Cc3ccccc3)c(=O)n(-c3ccccc3)c(=O)n2Cc2ccccc2)c(C)c1. The van der Waals surface area contributed by atoms with Crippen LogP contribution in [0.5, 0.6) is 5.88 Å². The molecule has 0 aliphatic rings. The minimum atomic E-state index is -0.609. The predicted octanol–water partition coefficient (Wildman–Crippen LogP) is 5.78. The van der Waals surface area contributed by atoms with Crippen LogP contribution in [0.2, 0.25) is 0 Å². The van der Waals surface area contributed by atoms with Crippen LogP contribution >= 0.6 is 0 Å². The van der Waals surface area contributed by atoms with Crippen molar-refractivity contribution in [3.8, 4) is 11.6 Å². The summed E-state index contributed by atoms with van der Waals surface area (Å²) >= 11 is 0. The van der Waals surface area contributed by atoms with Crippen molar-refractivity contribution in [2.24, 2.45) is 0 Å². The van der Waals surface area contributed by atoms with Gasteiger partial charge < -0.3 is 4.74 Å². The first-order chi connectivity index (χ1) is 19.3. The smallest absolute Gasteiger partial charge is 0.345 e. The topological polar surface area (TPSA) is 70.3 Å². The Kier molecular flexibility index (Phi) is 7.60. The van der Waals surface area contributed by atoms with Gasteiger partial charge in [0.2, 0.25) is 5.88 Å². The fourth-order valence-corrected chi connectivity index (χ4v) is 5.10. The second kappa shape index (κ2) is 11.4. The van der Waals surface area contributed by atoms with Crippen LogP contribution in [0.1, 0.15) is 43.7 Å². The van der Waals surface area contributed by atoms with Crippen molar-refractivity contribution < 1.29 is 9.53 Å². The molecule has 0 fully saturated rings. The molecule has 6 nitrogen and oxygen atoms in total. The fourth-order valence-electron chi connectivity index (χ4n) is 5.10. The van der Waals surface area contributed by atoms with Gasteiger partial charge in [0.05, 0.1) is 23.4 Å². The van der Waals surface area contributed by atoms with Gasteiger partial charge in [-0.2, -0.15) is 0 Å². The van der Waals surface area contributed by atoms with E-state index in [0.717, 1.165) is 32.4 Å². The van der Waals surface area contributed by atoms with Gasteiger partial charge in [0.15, 0.2) is 0 Å². The lowest BCUT2D eigenvalue weighted by atomic mass is 10.00. The Hall–Kier alpha value is -4.97. The number of hydrogen-bond acceptors (Lipinski definition) is 4. The van der Waals surface area contributed by atoms with E-state index in [4.69, 9.17) is 4.74 Å². The summed E-state index contributed by atoms with van der Waals surface area (Å²) in [6, 6.07) is 31.5. The molecule has 4 aromatic carbocycles. The second-order valence-corrected chi connectivity index (χ2v) is 9.94. The van der Waals surface area contributed by atoms with Crippen molar-refractivity contribution >= 4 is 5.97 Å². The van der Waals surface area contributed by atoms with Gasteiger partial charge in [0.25, 0.3) is 5.56 Å². The zero-order chi connectivity index (χ0) is 28.2. The van der Waals surface area contributed by atoms with E-state index in [1.165, 1.54) is 4.57 Å². The Labute approximate surface area is 232 Å². The summed E-state index contributed by atoms with van der Waals surface area (Å²) in [5.41, 5.74) is 4.21. The zero-order valence-corrected chi connectivity index (χ0v) is 22.8. The highest BCUT2D eigenvalue weighted by atomic mass is 16.5. The van der Waals surface area contributed by atoms with Gasteiger partial charge in [-0.1, -0.05) is 96.6 Å². The van der Waals surface area contributed by atoms with E-state index in [-0.39, 0.29) is 24.4 Å². The number of carbonyl (C=O) groups excluding carboxylic acids is 1. The molecule has 0 saturated heterocycles. The molecule has 0 unspecified atom stereocenters. The summed E-state index contributed by atoms with van der Waals surface area (Å²) in [5, 5.41) is 0. The molecule has 5 rings (SSSR count). The van der Waals surface area contributed by atoms with Gasteiger partial charge in [-0.25, -0.2) is 14.2 Å². The van der Waals surface area contributed by atoms with Gasteiger partial charge in [0, 0.05) is 6.42 Å². The summed E-state index contributed by atoms with van der Waals surface area (Å²) in [7, 11) is 0. The highest BCUT2D eigenvalue weighted by Gasteiger charge is 2.26.